The number of rotatable bonds is 9. The van der Waals surface area contributed by atoms with E-state index >= 15 is 0 Å². The van der Waals surface area contributed by atoms with E-state index in [2.05, 4.69) is 10.2 Å². The van der Waals surface area contributed by atoms with Crippen molar-refractivity contribution in [3.05, 3.63) is 35.1 Å². The number of esters is 1. The molecule has 0 bridgehead atoms. The molecule has 8 heteroatoms. The topological polar surface area (TPSA) is 66.2 Å². The van der Waals surface area contributed by atoms with Gasteiger partial charge in [0, 0.05) is 19.2 Å². The summed E-state index contributed by atoms with van der Waals surface area (Å²) in [5, 5.41) is 9.64. The molecule has 0 N–H and O–H groups in total. The second-order valence-electron chi connectivity index (χ2n) is 4.93. The van der Waals surface area contributed by atoms with Crippen LogP contribution in [0.1, 0.15) is 25.6 Å². The van der Waals surface area contributed by atoms with Crippen LogP contribution in [0.5, 0.6) is 5.75 Å². The summed E-state index contributed by atoms with van der Waals surface area (Å²) in [4.78, 5) is 11.3. The van der Waals surface area contributed by atoms with Crippen LogP contribution < -0.4 is 4.74 Å². The molecule has 1 heterocycles. The summed E-state index contributed by atoms with van der Waals surface area (Å²) in [6.07, 6.45) is 1.16. The lowest BCUT2D eigenvalue weighted by molar-refractivity contribution is -0.143. The molecule has 2 rings (SSSR count). The molecule has 0 fully saturated rings. The van der Waals surface area contributed by atoms with E-state index in [0.717, 1.165) is 17.3 Å². The maximum atomic E-state index is 11.3. The molecule has 0 spiro atoms. The van der Waals surface area contributed by atoms with Crippen molar-refractivity contribution in [3.8, 4) is 5.75 Å². The largest absolute Gasteiger partial charge is 0.484 e. The van der Waals surface area contributed by atoms with Crippen LogP contribution in [0.25, 0.3) is 0 Å². The number of halogens is 1. The molecule has 2 aromatic rings. The molecule has 0 amide bonds. The molecule has 6 nitrogen and oxygen atoms in total. The van der Waals surface area contributed by atoms with Crippen LogP contribution in [0, 0.1) is 0 Å². The summed E-state index contributed by atoms with van der Waals surface area (Å²) in [7, 11) is 1.89. The van der Waals surface area contributed by atoms with E-state index in [1.165, 1.54) is 0 Å². The highest BCUT2D eigenvalue weighted by atomic mass is 35.5. The van der Waals surface area contributed by atoms with Gasteiger partial charge in [0.25, 0.3) is 0 Å². The van der Waals surface area contributed by atoms with Gasteiger partial charge in [0.2, 0.25) is 0 Å². The SMILES string of the molecule is CCOC(=O)CCCSc1nnc(COc2ccccc2Cl)n1C. The van der Waals surface area contributed by atoms with Crippen molar-refractivity contribution in [1.29, 1.82) is 0 Å². The van der Waals surface area contributed by atoms with Crippen LogP contribution in [-0.2, 0) is 23.2 Å². The van der Waals surface area contributed by atoms with Gasteiger partial charge in [-0.25, -0.2) is 0 Å². The van der Waals surface area contributed by atoms with Gasteiger partial charge in [-0.15, -0.1) is 10.2 Å². The van der Waals surface area contributed by atoms with Gasteiger partial charge >= 0.3 is 5.97 Å². The Bertz CT molecular complexity index is 678. The van der Waals surface area contributed by atoms with Crippen LogP contribution >= 0.6 is 23.4 Å². The molecule has 0 saturated heterocycles. The first kappa shape index (κ1) is 18.6. The zero-order chi connectivity index (χ0) is 17.4. The van der Waals surface area contributed by atoms with Gasteiger partial charge in [0.1, 0.15) is 12.4 Å². The molecular weight excluding hydrogens is 350 g/mol. The normalized spacial score (nSPS) is 10.6. The van der Waals surface area contributed by atoms with E-state index in [0.29, 0.717) is 29.6 Å². The van der Waals surface area contributed by atoms with Crippen molar-refractivity contribution < 1.29 is 14.3 Å². The summed E-state index contributed by atoms with van der Waals surface area (Å²) in [5.74, 6) is 1.94. The number of para-hydroxylation sites is 1. The third kappa shape index (κ3) is 5.42. The number of aromatic nitrogens is 3. The minimum absolute atomic E-state index is 0.162. The Balaban J connectivity index is 1.80. The monoisotopic (exact) mass is 369 g/mol. The molecule has 0 aliphatic heterocycles. The Morgan fingerprint density at radius 3 is 2.88 bits per heavy atom. The van der Waals surface area contributed by atoms with Gasteiger partial charge in [-0.05, 0) is 25.5 Å². The molecule has 0 unspecified atom stereocenters. The highest BCUT2D eigenvalue weighted by Crippen LogP contribution is 2.24. The summed E-state index contributed by atoms with van der Waals surface area (Å²) in [5.41, 5.74) is 0. The number of hydrogen-bond acceptors (Lipinski definition) is 6. The van der Waals surface area contributed by atoms with E-state index in [4.69, 9.17) is 21.1 Å². The Labute approximate surface area is 150 Å². The van der Waals surface area contributed by atoms with E-state index in [1.54, 1.807) is 24.8 Å². The van der Waals surface area contributed by atoms with Crippen LogP contribution in [-0.4, -0.2) is 33.1 Å². The van der Waals surface area contributed by atoms with Gasteiger partial charge in [-0.2, -0.15) is 0 Å². The molecule has 1 aromatic heterocycles. The van der Waals surface area contributed by atoms with Crippen molar-refractivity contribution in [2.24, 2.45) is 7.05 Å². The fourth-order valence-corrected chi connectivity index (χ4v) is 2.97. The first-order valence-corrected chi connectivity index (χ1v) is 9.02. The predicted molar refractivity (Wildman–Crippen MR) is 93.4 cm³/mol. The third-order valence-corrected chi connectivity index (χ3v) is 4.60. The molecule has 24 heavy (non-hydrogen) atoms. The quantitative estimate of drug-likeness (QED) is 0.383. The first-order chi connectivity index (χ1) is 11.6. The summed E-state index contributed by atoms with van der Waals surface area (Å²) < 4.78 is 12.5. The van der Waals surface area contributed by atoms with Crippen LogP contribution in [0.15, 0.2) is 29.4 Å². The fraction of sp³-hybridized carbons (Fsp3) is 0.438. The second kappa shape index (κ2) is 9.54. The van der Waals surface area contributed by atoms with Gasteiger partial charge in [-0.3, -0.25) is 4.79 Å². The predicted octanol–water partition coefficient (Wildman–Crippen LogP) is 3.48. The number of thioether (sulfide) groups is 1. The van der Waals surface area contributed by atoms with Crippen molar-refractivity contribution in [1.82, 2.24) is 14.8 Å². The van der Waals surface area contributed by atoms with E-state index in [9.17, 15) is 4.79 Å². The van der Waals surface area contributed by atoms with Crippen molar-refractivity contribution in [2.75, 3.05) is 12.4 Å². The average molecular weight is 370 g/mol. The highest BCUT2D eigenvalue weighted by molar-refractivity contribution is 7.99. The van der Waals surface area contributed by atoms with Crippen LogP contribution in [0.4, 0.5) is 0 Å². The Hall–Kier alpha value is -1.73. The number of carbonyl (C=O) groups excluding carboxylic acids is 1. The number of ether oxygens (including phenoxy) is 2. The first-order valence-electron chi connectivity index (χ1n) is 7.65. The number of carbonyl (C=O) groups is 1. The maximum Gasteiger partial charge on any atom is 0.305 e. The lowest BCUT2D eigenvalue weighted by Gasteiger charge is -2.07. The molecule has 0 saturated carbocycles. The van der Waals surface area contributed by atoms with Gasteiger partial charge in [0.15, 0.2) is 11.0 Å². The van der Waals surface area contributed by atoms with Gasteiger partial charge in [0.05, 0.1) is 11.6 Å². The Kier molecular flexibility index (Phi) is 7.39. The zero-order valence-corrected chi connectivity index (χ0v) is 15.3. The summed E-state index contributed by atoms with van der Waals surface area (Å²) in [6, 6.07) is 7.30. The fourth-order valence-electron chi connectivity index (χ4n) is 1.91. The van der Waals surface area contributed by atoms with Gasteiger partial charge in [-0.1, -0.05) is 35.5 Å². The molecular formula is C16H20ClN3O3S. The van der Waals surface area contributed by atoms with Crippen LogP contribution in [0.3, 0.4) is 0 Å². The minimum Gasteiger partial charge on any atom is -0.484 e. The number of benzene rings is 1. The molecule has 130 valence electrons. The summed E-state index contributed by atoms with van der Waals surface area (Å²) >= 11 is 7.61. The molecule has 0 aliphatic rings. The zero-order valence-electron chi connectivity index (χ0n) is 13.7. The van der Waals surface area contributed by atoms with Gasteiger partial charge < -0.3 is 14.0 Å². The minimum atomic E-state index is -0.162. The lowest BCUT2D eigenvalue weighted by atomic mass is 10.3. The Morgan fingerprint density at radius 2 is 2.12 bits per heavy atom. The molecule has 0 atom stereocenters. The lowest BCUT2D eigenvalue weighted by Crippen LogP contribution is -2.05. The van der Waals surface area contributed by atoms with E-state index < -0.39 is 0 Å². The standard InChI is InChI=1S/C16H20ClN3O3S/c1-3-22-15(21)9-6-10-24-16-19-18-14(20(16)2)11-23-13-8-5-4-7-12(13)17/h4-5,7-8H,3,6,9-11H2,1-2H3. The van der Waals surface area contributed by atoms with Crippen molar-refractivity contribution in [2.45, 2.75) is 31.5 Å². The molecule has 0 aliphatic carbocycles. The van der Waals surface area contributed by atoms with Crippen LogP contribution in [0.2, 0.25) is 5.02 Å². The Morgan fingerprint density at radius 1 is 1.33 bits per heavy atom. The molecule has 1 aromatic carbocycles. The highest BCUT2D eigenvalue weighted by Gasteiger charge is 2.11. The summed E-state index contributed by atoms with van der Waals surface area (Å²) in [6.45, 7) is 2.51. The van der Waals surface area contributed by atoms with Crippen molar-refractivity contribution >= 4 is 29.3 Å². The second-order valence-corrected chi connectivity index (χ2v) is 6.40. The molecule has 0 radical (unpaired) electrons. The third-order valence-electron chi connectivity index (χ3n) is 3.18. The smallest absolute Gasteiger partial charge is 0.305 e. The number of nitrogens with zero attached hydrogens (tertiary/aromatic N) is 3. The average Bonchev–Trinajstić information content (AvgIpc) is 2.91. The van der Waals surface area contributed by atoms with Crippen molar-refractivity contribution in [3.63, 3.8) is 0 Å². The number of hydrogen-bond donors (Lipinski definition) is 0. The van der Waals surface area contributed by atoms with E-state index in [-0.39, 0.29) is 12.6 Å². The maximum absolute atomic E-state index is 11.3. The van der Waals surface area contributed by atoms with E-state index in [1.807, 2.05) is 29.8 Å².